The van der Waals surface area contributed by atoms with Crippen molar-refractivity contribution in [3.8, 4) is 0 Å². The SMILES string of the molecule is COC(=O)C(CCCCN(O)C(=O)C=Cc1ccccc1)NC(=O)CC(O)(CC(=O)NC(CCCCN(O)C(=O)C=Cc1ccccc1)C(=O)OC)C(=O)O. The minimum absolute atomic E-state index is 0.0420. The molecule has 0 saturated heterocycles. The van der Waals surface area contributed by atoms with Crippen LogP contribution in [0.2, 0.25) is 0 Å². The summed E-state index contributed by atoms with van der Waals surface area (Å²) in [6.45, 7) is -0.209. The van der Waals surface area contributed by atoms with E-state index in [1.165, 1.54) is 24.3 Å². The van der Waals surface area contributed by atoms with Gasteiger partial charge in [-0.2, -0.15) is 0 Å². The molecule has 0 aliphatic rings. The minimum Gasteiger partial charge on any atom is -0.479 e. The quantitative estimate of drug-likeness (QED) is 0.0312. The predicted octanol–water partition coefficient (Wildman–Crippen LogP) is 2.10. The van der Waals surface area contributed by atoms with Crippen LogP contribution in [0, 0.1) is 0 Å². The summed E-state index contributed by atoms with van der Waals surface area (Å²) in [7, 11) is 2.13. The van der Waals surface area contributed by atoms with Crippen molar-refractivity contribution in [2.75, 3.05) is 27.3 Å². The number of esters is 2. The smallest absolute Gasteiger partial charge is 0.336 e. The summed E-state index contributed by atoms with van der Waals surface area (Å²) in [5, 5.41) is 46.3. The number of nitrogens with zero attached hydrogens (tertiary/aromatic N) is 2. The molecule has 0 heterocycles. The molecule has 0 spiro atoms. The zero-order valence-electron chi connectivity index (χ0n) is 30.7. The van der Waals surface area contributed by atoms with Crippen LogP contribution in [0.4, 0.5) is 0 Å². The van der Waals surface area contributed by atoms with Crippen molar-refractivity contribution < 1.29 is 63.7 Å². The molecule has 55 heavy (non-hydrogen) atoms. The van der Waals surface area contributed by atoms with Crippen LogP contribution in [0.25, 0.3) is 12.2 Å². The number of nitrogens with one attached hydrogen (secondary N) is 2. The Hall–Kier alpha value is -5.91. The molecular weight excluding hydrogens is 720 g/mol. The van der Waals surface area contributed by atoms with Gasteiger partial charge in [0.1, 0.15) is 12.1 Å². The number of carbonyl (C=O) groups is 7. The number of aliphatic hydroxyl groups is 1. The van der Waals surface area contributed by atoms with Gasteiger partial charge in [-0.15, -0.1) is 0 Å². The van der Waals surface area contributed by atoms with Crippen molar-refractivity contribution >= 4 is 53.7 Å². The van der Waals surface area contributed by atoms with Crippen LogP contribution in [0.15, 0.2) is 72.8 Å². The number of carbonyl (C=O) groups excluding carboxylic acids is 6. The Balaban J connectivity index is 1.89. The molecule has 4 amide bonds. The van der Waals surface area contributed by atoms with E-state index >= 15 is 0 Å². The van der Waals surface area contributed by atoms with Crippen molar-refractivity contribution in [1.82, 2.24) is 20.8 Å². The van der Waals surface area contributed by atoms with Gasteiger partial charge in [0.05, 0.1) is 27.1 Å². The Labute approximate surface area is 318 Å². The van der Waals surface area contributed by atoms with E-state index in [0.717, 1.165) is 25.3 Å². The van der Waals surface area contributed by atoms with E-state index in [-0.39, 0.29) is 51.6 Å². The number of amides is 4. The summed E-state index contributed by atoms with van der Waals surface area (Å²) in [6, 6.07) is 15.3. The Morgan fingerprint density at radius 2 is 1.02 bits per heavy atom. The highest BCUT2D eigenvalue weighted by Gasteiger charge is 2.42. The standard InChI is InChI=1S/C38H48N4O13/c1-54-35(47)29(17-9-11-23-41(52)33(45)21-19-27-13-5-3-6-14-27)39-31(43)25-38(51,37(49)50)26-32(44)40-30(36(48)55-2)18-10-12-24-42(53)34(46)22-20-28-15-7-4-8-16-28/h3-8,13-16,19-22,29-30,51-53H,9-12,17-18,23-26H2,1-2H3,(H,39,43)(H,40,44)(H,49,50). The molecule has 17 heteroatoms. The first-order valence-electron chi connectivity index (χ1n) is 17.4. The molecule has 0 aliphatic carbocycles. The summed E-state index contributed by atoms with van der Waals surface area (Å²) in [6.07, 6.45) is 3.85. The Kier molecular flexibility index (Phi) is 19.5. The van der Waals surface area contributed by atoms with Crippen molar-refractivity contribution in [1.29, 1.82) is 0 Å². The largest absolute Gasteiger partial charge is 0.479 e. The number of ether oxygens (including phenoxy) is 2. The predicted molar refractivity (Wildman–Crippen MR) is 195 cm³/mol. The Morgan fingerprint density at radius 1 is 0.655 bits per heavy atom. The molecule has 0 bridgehead atoms. The minimum atomic E-state index is -2.95. The van der Waals surface area contributed by atoms with Gasteiger partial charge in [0.2, 0.25) is 11.8 Å². The molecule has 2 rings (SSSR count). The van der Waals surface area contributed by atoms with Gasteiger partial charge < -0.3 is 30.3 Å². The Morgan fingerprint density at radius 3 is 1.35 bits per heavy atom. The maximum Gasteiger partial charge on any atom is 0.336 e. The molecule has 298 valence electrons. The number of carboxylic acids is 1. The first-order chi connectivity index (χ1) is 26.2. The van der Waals surface area contributed by atoms with Crippen molar-refractivity contribution in [2.24, 2.45) is 0 Å². The summed E-state index contributed by atoms with van der Waals surface area (Å²) in [4.78, 5) is 86.9. The molecule has 0 aromatic heterocycles. The van der Waals surface area contributed by atoms with Gasteiger partial charge in [0, 0.05) is 25.2 Å². The summed E-state index contributed by atoms with van der Waals surface area (Å²) in [5.74, 6) is -7.26. The van der Waals surface area contributed by atoms with E-state index in [1.807, 2.05) is 12.1 Å². The number of rotatable bonds is 23. The summed E-state index contributed by atoms with van der Waals surface area (Å²) < 4.78 is 9.43. The van der Waals surface area contributed by atoms with Gasteiger partial charge in [-0.05, 0) is 61.8 Å². The second-order valence-electron chi connectivity index (χ2n) is 12.4. The van der Waals surface area contributed by atoms with Gasteiger partial charge in [-0.1, -0.05) is 60.7 Å². The lowest BCUT2D eigenvalue weighted by Gasteiger charge is -2.25. The van der Waals surface area contributed by atoms with Gasteiger partial charge in [0.15, 0.2) is 5.60 Å². The number of hydrogen-bond donors (Lipinski definition) is 6. The van der Waals surface area contributed by atoms with Crippen LogP contribution in [-0.2, 0) is 43.0 Å². The molecular formula is C38H48N4O13. The van der Waals surface area contributed by atoms with Crippen LogP contribution in [0.3, 0.4) is 0 Å². The summed E-state index contributed by atoms with van der Waals surface area (Å²) >= 11 is 0. The first-order valence-corrected chi connectivity index (χ1v) is 17.4. The van der Waals surface area contributed by atoms with Gasteiger partial charge in [-0.3, -0.25) is 29.6 Å². The third kappa shape index (κ3) is 16.8. The first kappa shape index (κ1) is 45.2. The third-order valence-corrected chi connectivity index (χ3v) is 8.12. The lowest BCUT2D eigenvalue weighted by molar-refractivity contribution is -0.165. The van der Waals surface area contributed by atoms with Crippen LogP contribution < -0.4 is 10.6 Å². The highest BCUT2D eigenvalue weighted by Crippen LogP contribution is 2.18. The normalized spacial score (nSPS) is 13.3. The fourth-order valence-electron chi connectivity index (χ4n) is 5.09. The second kappa shape index (κ2) is 23.7. The number of unbranched alkanes of at least 4 members (excludes halogenated alkanes) is 2. The number of benzene rings is 2. The number of methoxy groups -OCH3 is 2. The van der Waals surface area contributed by atoms with E-state index < -0.39 is 72.1 Å². The molecule has 2 aromatic rings. The van der Waals surface area contributed by atoms with E-state index in [2.05, 4.69) is 10.6 Å². The average Bonchev–Trinajstić information content (AvgIpc) is 3.17. The lowest BCUT2D eigenvalue weighted by atomic mass is 9.94. The molecule has 0 saturated carbocycles. The molecule has 2 unspecified atom stereocenters. The molecule has 0 fully saturated rings. The number of hydroxylamine groups is 4. The fourth-order valence-corrected chi connectivity index (χ4v) is 5.09. The third-order valence-electron chi connectivity index (χ3n) is 8.12. The summed E-state index contributed by atoms with van der Waals surface area (Å²) in [5.41, 5.74) is -1.45. The maximum atomic E-state index is 12.9. The van der Waals surface area contributed by atoms with Crippen LogP contribution in [0.5, 0.6) is 0 Å². The molecule has 17 nitrogen and oxygen atoms in total. The van der Waals surface area contributed by atoms with E-state index in [9.17, 15) is 54.2 Å². The molecule has 2 atom stereocenters. The van der Waals surface area contributed by atoms with Gasteiger partial charge in [0.25, 0.3) is 11.8 Å². The number of hydrogen-bond acceptors (Lipinski definition) is 12. The van der Waals surface area contributed by atoms with Crippen molar-refractivity contribution in [3.05, 3.63) is 83.9 Å². The Bertz CT molecular complexity index is 1540. The molecule has 2 aromatic carbocycles. The van der Waals surface area contributed by atoms with Crippen molar-refractivity contribution in [2.45, 2.75) is 69.1 Å². The number of carboxylic acid groups (broad SMARTS) is 1. The second-order valence-corrected chi connectivity index (χ2v) is 12.4. The zero-order valence-corrected chi connectivity index (χ0v) is 30.7. The van der Waals surface area contributed by atoms with E-state index in [0.29, 0.717) is 10.1 Å². The maximum absolute atomic E-state index is 12.9. The topological polar surface area (TPSA) is 249 Å². The number of aliphatic carboxylic acids is 1. The monoisotopic (exact) mass is 768 g/mol. The molecule has 0 aliphatic heterocycles. The lowest BCUT2D eigenvalue weighted by Crippen LogP contribution is -2.51. The van der Waals surface area contributed by atoms with Crippen molar-refractivity contribution in [3.63, 3.8) is 0 Å². The molecule has 6 N–H and O–H groups in total. The highest BCUT2D eigenvalue weighted by molar-refractivity contribution is 5.94. The van der Waals surface area contributed by atoms with Crippen LogP contribution in [0.1, 0.15) is 62.5 Å². The fraction of sp³-hybridized carbons (Fsp3) is 0.395. The highest BCUT2D eigenvalue weighted by atomic mass is 16.5. The van der Waals surface area contributed by atoms with Gasteiger partial charge in [-0.25, -0.2) is 24.5 Å². The molecule has 0 radical (unpaired) electrons. The van der Waals surface area contributed by atoms with Gasteiger partial charge >= 0.3 is 17.9 Å². The van der Waals surface area contributed by atoms with E-state index in [1.54, 1.807) is 48.5 Å². The zero-order chi connectivity index (χ0) is 40.8. The average molecular weight is 769 g/mol. The van der Waals surface area contributed by atoms with Crippen LogP contribution in [-0.4, -0.2) is 117 Å². The van der Waals surface area contributed by atoms with Crippen LogP contribution >= 0.6 is 0 Å². The van der Waals surface area contributed by atoms with E-state index in [4.69, 9.17) is 9.47 Å².